The number of likely N-dealkylation sites (tertiary alicyclic amines) is 1. The molecule has 6 rings (SSSR count). The summed E-state index contributed by atoms with van der Waals surface area (Å²) in [5.74, 6) is 2.01. The number of aromatic nitrogens is 1. The van der Waals surface area contributed by atoms with Crippen LogP contribution in [-0.2, 0) is 0 Å². The lowest BCUT2D eigenvalue weighted by molar-refractivity contribution is 0.0949. The molecular formula is C29H29N5O3S. The van der Waals surface area contributed by atoms with Crippen molar-refractivity contribution in [2.75, 3.05) is 36.4 Å². The number of amides is 3. The minimum Gasteiger partial charge on any atom is -0.457 e. The van der Waals surface area contributed by atoms with Gasteiger partial charge in [0.2, 0.25) is 0 Å². The van der Waals surface area contributed by atoms with Crippen molar-refractivity contribution in [3.05, 3.63) is 71.7 Å². The van der Waals surface area contributed by atoms with Crippen molar-refractivity contribution in [1.82, 2.24) is 15.2 Å². The molecule has 0 unspecified atom stereocenters. The zero-order valence-corrected chi connectivity index (χ0v) is 22.0. The third kappa shape index (κ3) is 4.82. The lowest BCUT2D eigenvalue weighted by atomic mass is 9.99. The van der Waals surface area contributed by atoms with Gasteiger partial charge in [0, 0.05) is 19.3 Å². The second kappa shape index (κ2) is 10.4. The first kappa shape index (κ1) is 24.4. The Morgan fingerprint density at radius 3 is 2.58 bits per heavy atom. The quantitative estimate of drug-likeness (QED) is 0.297. The fourth-order valence-electron chi connectivity index (χ4n) is 4.98. The number of nitrogens with one attached hydrogen (secondary N) is 2. The number of nitrogens with zero attached hydrogens (tertiary/aromatic N) is 3. The van der Waals surface area contributed by atoms with Gasteiger partial charge in [-0.15, -0.1) is 11.3 Å². The summed E-state index contributed by atoms with van der Waals surface area (Å²) >= 11 is 1.30. The summed E-state index contributed by atoms with van der Waals surface area (Å²) in [6.45, 7) is 5.83. The van der Waals surface area contributed by atoms with Crippen LogP contribution in [0.1, 0.15) is 29.4 Å². The molecule has 0 bridgehead atoms. The summed E-state index contributed by atoms with van der Waals surface area (Å²) in [6, 6.07) is 18.4. The molecule has 2 aliphatic rings. The van der Waals surface area contributed by atoms with Crippen LogP contribution in [0.2, 0.25) is 0 Å². The van der Waals surface area contributed by atoms with Crippen LogP contribution >= 0.6 is 11.3 Å². The highest BCUT2D eigenvalue weighted by Crippen LogP contribution is 2.45. The first-order chi connectivity index (χ1) is 18.6. The van der Waals surface area contributed by atoms with Gasteiger partial charge >= 0.3 is 6.03 Å². The van der Waals surface area contributed by atoms with Crippen molar-refractivity contribution in [3.63, 3.8) is 0 Å². The lowest BCUT2D eigenvalue weighted by Gasteiger charge is -2.30. The number of anilines is 3. The van der Waals surface area contributed by atoms with Crippen LogP contribution in [0.4, 0.5) is 21.9 Å². The molecule has 0 saturated carbocycles. The van der Waals surface area contributed by atoms with E-state index < -0.39 is 0 Å². The van der Waals surface area contributed by atoms with Crippen LogP contribution in [0.15, 0.2) is 66.9 Å². The molecule has 8 nitrogen and oxygen atoms in total. The maximum Gasteiger partial charge on any atom is 0.331 e. The summed E-state index contributed by atoms with van der Waals surface area (Å²) in [4.78, 5) is 36.1. The van der Waals surface area contributed by atoms with Crippen LogP contribution in [0.3, 0.4) is 0 Å². The molecule has 0 radical (unpaired) electrons. The Labute approximate surface area is 225 Å². The molecule has 1 fully saturated rings. The SMILES string of the molecule is CC1CCN(CCNC(=O)c2sc3nccc4c3c2NC(=O)N4c2ccc(Oc3ccccc3)cc2)CC1. The molecular weight excluding hydrogens is 498 g/mol. The minimum atomic E-state index is -0.323. The van der Waals surface area contributed by atoms with E-state index in [-0.39, 0.29) is 11.9 Å². The van der Waals surface area contributed by atoms with E-state index in [1.807, 2.05) is 60.7 Å². The van der Waals surface area contributed by atoms with Gasteiger partial charge in [0.15, 0.2) is 0 Å². The monoisotopic (exact) mass is 527 g/mol. The molecule has 2 N–H and O–H groups in total. The van der Waals surface area contributed by atoms with Crippen LogP contribution in [0.5, 0.6) is 11.5 Å². The minimum absolute atomic E-state index is 0.185. The number of benzene rings is 2. The van der Waals surface area contributed by atoms with E-state index in [0.717, 1.165) is 36.7 Å². The molecule has 38 heavy (non-hydrogen) atoms. The average Bonchev–Trinajstić information content (AvgIpc) is 3.31. The summed E-state index contributed by atoms with van der Waals surface area (Å²) in [6.07, 6.45) is 4.08. The largest absolute Gasteiger partial charge is 0.457 e. The summed E-state index contributed by atoms with van der Waals surface area (Å²) in [5.41, 5.74) is 1.92. The topological polar surface area (TPSA) is 86.8 Å². The molecule has 4 aromatic rings. The Hall–Kier alpha value is -3.95. The van der Waals surface area contributed by atoms with Gasteiger partial charge in [-0.2, -0.15) is 0 Å². The molecule has 4 heterocycles. The fourth-order valence-corrected chi connectivity index (χ4v) is 6.02. The first-order valence-corrected chi connectivity index (χ1v) is 13.7. The maximum atomic E-state index is 13.3. The Bertz CT molecular complexity index is 1460. The van der Waals surface area contributed by atoms with Crippen LogP contribution in [0.25, 0.3) is 10.2 Å². The second-order valence-electron chi connectivity index (χ2n) is 9.77. The van der Waals surface area contributed by atoms with E-state index in [2.05, 4.69) is 27.4 Å². The van der Waals surface area contributed by atoms with Gasteiger partial charge in [-0.25, -0.2) is 9.78 Å². The first-order valence-electron chi connectivity index (χ1n) is 12.9. The molecule has 194 valence electrons. The van der Waals surface area contributed by atoms with Crippen molar-refractivity contribution < 1.29 is 14.3 Å². The molecule has 0 atom stereocenters. The van der Waals surface area contributed by atoms with Gasteiger partial charge in [0.1, 0.15) is 21.2 Å². The average molecular weight is 528 g/mol. The highest BCUT2D eigenvalue weighted by molar-refractivity contribution is 7.21. The van der Waals surface area contributed by atoms with Crippen molar-refractivity contribution in [2.45, 2.75) is 19.8 Å². The summed E-state index contributed by atoms with van der Waals surface area (Å²) < 4.78 is 5.89. The summed E-state index contributed by atoms with van der Waals surface area (Å²) in [7, 11) is 0. The molecule has 9 heteroatoms. The van der Waals surface area contributed by atoms with Crippen LogP contribution in [0, 0.1) is 5.92 Å². The molecule has 2 aromatic heterocycles. The smallest absolute Gasteiger partial charge is 0.331 e. The van der Waals surface area contributed by atoms with E-state index >= 15 is 0 Å². The zero-order chi connectivity index (χ0) is 26.1. The number of hydrogen-bond acceptors (Lipinski definition) is 6. The third-order valence-electron chi connectivity index (χ3n) is 7.12. The van der Waals surface area contributed by atoms with E-state index in [1.165, 1.54) is 24.2 Å². The number of carbonyl (C=O) groups excluding carboxylic acids is 2. The Kier molecular flexibility index (Phi) is 6.70. The van der Waals surface area contributed by atoms with Gasteiger partial charge in [-0.05, 0) is 74.3 Å². The number of thiophene rings is 1. The molecule has 3 amide bonds. The van der Waals surface area contributed by atoms with E-state index in [0.29, 0.717) is 39.1 Å². The predicted octanol–water partition coefficient (Wildman–Crippen LogP) is 6.23. The number of hydrogen-bond donors (Lipinski definition) is 2. The second-order valence-corrected chi connectivity index (χ2v) is 10.8. The van der Waals surface area contributed by atoms with Gasteiger partial charge < -0.3 is 20.3 Å². The Morgan fingerprint density at radius 2 is 1.82 bits per heavy atom. The highest BCUT2D eigenvalue weighted by atomic mass is 32.1. The van der Waals surface area contributed by atoms with Gasteiger partial charge in [0.25, 0.3) is 5.91 Å². The van der Waals surface area contributed by atoms with E-state index in [9.17, 15) is 9.59 Å². The van der Waals surface area contributed by atoms with Crippen molar-refractivity contribution in [1.29, 1.82) is 0 Å². The molecule has 0 aliphatic carbocycles. The molecule has 2 aromatic carbocycles. The lowest BCUT2D eigenvalue weighted by Crippen LogP contribution is -2.39. The molecule has 2 aliphatic heterocycles. The number of pyridine rings is 1. The number of carbonyl (C=O) groups is 2. The van der Waals surface area contributed by atoms with Gasteiger partial charge in [0.05, 0.1) is 22.4 Å². The van der Waals surface area contributed by atoms with Crippen molar-refractivity contribution >= 4 is 50.6 Å². The normalized spacial score (nSPS) is 15.9. The van der Waals surface area contributed by atoms with Crippen LogP contribution in [-0.4, -0.2) is 48.0 Å². The van der Waals surface area contributed by atoms with Crippen molar-refractivity contribution in [2.24, 2.45) is 5.92 Å². The fraction of sp³-hybridized carbons (Fsp3) is 0.276. The summed E-state index contributed by atoms with van der Waals surface area (Å²) in [5, 5.41) is 6.77. The predicted molar refractivity (Wildman–Crippen MR) is 151 cm³/mol. The molecule has 1 saturated heterocycles. The number of rotatable bonds is 7. The zero-order valence-electron chi connectivity index (χ0n) is 21.1. The number of piperidine rings is 1. The number of para-hydroxylation sites is 1. The number of urea groups is 1. The Balaban J connectivity index is 1.21. The van der Waals surface area contributed by atoms with Gasteiger partial charge in [-0.3, -0.25) is 9.69 Å². The third-order valence-corrected chi connectivity index (χ3v) is 8.21. The standard InChI is InChI=1S/C29H29N5O3S/c1-19-12-16-33(17-13-19)18-15-30-27(35)26-25-24-23(11-14-31-28(24)38-26)34(29(36)32-25)20-7-9-22(10-8-20)37-21-5-3-2-4-6-21/h2-11,14,19H,12-13,15-18H2,1H3,(H,30,35)(H,32,36). The van der Waals surface area contributed by atoms with E-state index in [4.69, 9.17) is 4.74 Å². The maximum absolute atomic E-state index is 13.3. The highest BCUT2D eigenvalue weighted by Gasteiger charge is 2.32. The van der Waals surface area contributed by atoms with Crippen molar-refractivity contribution in [3.8, 4) is 11.5 Å². The molecule has 0 spiro atoms. The van der Waals surface area contributed by atoms with E-state index in [1.54, 1.807) is 11.1 Å². The number of ether oxygens (including phenoxy) is 1. The van der Waals surface area contributed by atoms with Crippen LogP contribution < -0.4 is 20.3 Å². The Morgan fingerprint density at radius 1 is 1.08 bits per heavy atom. The van der Waals surface area contributed by atoms with Gasteiger partial charge in [-0.1, -0.05) is 25.1 Å².